The number of H-pyrrole nitrogens is 1. The Morgan fingerprint density at radius 3 is 2.90 bits per heavy atom. The molecule has 0 saturated heterocycles. The summed E-state index contributed by atoms with van der Waals surface area (Å²) in [5.41, 5.74) is 4.31. The van der Waals surface area contributed by atoms with Crippen molar-refractivity contribution in [2.75, 3.05) is 18.5 Å². The molecule has 0 atom stereocenters. The number of hydrogen-bond donors (Lipinski definition) is 2. The fourth-order valence-electron chi connectivity index (χ4n) is 3.24. The number of carbonyl (C=O) groups excluding carboxylic acids is 1. The second-order valence-corrected chi connectivity index (χ2v) is 7.88. The van der Waals surface area contributed by atoms with Crippen molar-refractivity contribution in [1.29, 1.82) is 0 Å². The number of imidazole rings is 1. The third kappa shape index (κ3) is 4.80. The van der Waals surface area contributed by atoms with Crippen LogP contribution in [0.3, 0.4) is 0 Å². The van der Waals surface area contributed by atoms with Crippen molar-refractivity contribution in [3.63, 3.8) is 0 Å². The average Bonchev–Trinajstić information content (AvgIpc) is 3.45. The van der Waals surface area contributed by atoms with Crippen molar-refractivity contribution in [1.82, 2.24) is 19.9 Å². The minimum absolute atomic E-state index is 0.288. The first kappa shape index (κ1) is 20.7. The number of ether oxygens (including phenoxy) is 1. The predicted octanol–water partition coefficient (Wildman–Crippen LogP) is 4.73. The molecule has 7 nitrogen and oxygen atoms in total. The van der Waals surface area contributed by atoms with Gasteiger partial charge in [0.25, 0.3) is 0 Å². The summed E-state index contributed by atoms with van der Waals surface area (Å²) in [5, 5.41) is 5.32. The summed E-state index contributed by atoms with van der Waals surface area (Å²) >= 11 is 1.65. The molecule has 0 radical (unpaired) electrons. The van der Waals surface area contributed by atoms with Crippen LogP contribution in [0.1, 0.15) is 28.5 Å². The lowest BCUT2D eigenvalue weighted by Gasteiger charge is -2.12. The smallest absolute Gasteiger partial charge is 0.343 e. The van der Waals surface area contributed by atoms with Crippen molar-refractivity contribution in [2.24, 2.45) is 0 Å². The van der Waals surface area contributed by atoms with Gasteiger partial charge in [-0.1, -0.05) is 29.8 Å². The molecule has 0 aliphatic carbocycles. The minimum atomic E-state index is -0.443. The number of hydrogen-bond acceptors (Lipinski definition) is 7. The second kappa shape index (κ2) is 9.53. The molecule has 1 aromatic carbocycles. The third-order valence-electron chi connectivity index (χ3n) is 4.70. The summed E-state index contributed by atoms with van der Waals surface area (Å²) in [6.07, 6.45) is 3.92. The monoisotopic (exact) mass is 433 g/mol. The zero-order valence-electron chi connectivity index (χ0n) is 17.4. The maximum atomic E-state index is 12.4. The standard InChI is InChI=1S/C23H23N5O2S/c1-3-30-23(29)17-13-25-21(16-7-4-6-15(2)12-16)28-22(17)24-10-9-18-20(27-14-26-18)19-8-5-11-31-19/h4-8,11-14H,3,9-10H2,1-2H3,(H,26,27)(H,24,25,28). The number of carbonyl (C=O) groups is 1. The highest BCUT2D eigenvalue weighted by Gasteiger charge is 2.17. The van der Waals surface area contributed by atoms with Crippen molar-refractivity contribution in [3.05, 3.63) is 71.1 Å². The van der Waals surface area contributed by atoms with Crippen molar-refractivity contribution >= 4 is 23.1 Å². The van der Waals surface area contributed by atoms with Crippen LogP contribution in [0.2, 0.25) is 0 Å². The van der Waals surface area contributed by atoms with E-state index in [-0.39, 0.29) is 6.61 Å². The summed E-state index contributed by atoms with van der Waals surface area (Å²) < 4.78 is 5.18. The Bertz CT molecular complexity index is 1170. The molecule has 0 unspecified atom stereocenters. The van der Waals surface area contributed by atoms with Crippen molar-refractivity contribution in [2.45, 2.75) is 20.3 Å². The number of aromatic nitrogens is 4. The lowest BCUT2D eigenvalue weighted by molar-refractivity contribution is 0.0526. The van der Waals surface area contributed by atoms with E-state index in [0.717, 1.165) is 27.4 Å². The van der Waals surface area contributed by atoms with Gasteiger partial charge in [-0.05, 0) is 31.4 Å². The molecule has 158 valence electrons. The Hall–Kier alpha value is -3.52. The molecule has 0 aliphatic heterocycles. The van der Waals surface area contributed by atoms with Crippen molar-refractivity contribution in [3.8, 4) is 22.0 Å². The van der Waals surface area contributed by atoms with E-state index in [2.05, 4.69) is 31.3 Å². The Morgan fingerprint density at radius 2 is 2.13 bits per heavy atom. The molecule has 4 rings (SSSR count). The van der Waals surface area contributed by atoms with Gasteiger partial charge in [0.15, 0.2) is 5.82 Å². The normalized spacial score (nSPS) is 10.8. The minimum Gasteiger partial charge on any atom is -0.462 e. The number of aromatic amines is 1. The fourth-order valence-corrected chi connectivity index (χ4v) is 3.99. The predicted molar refractivity (Wildman–Crippen MR) is 122 cm³/mol. The average molecular weight is 434 g/mol. The summed E-state index contributed by atoms with van der Waals surface area (Å²) in [4.78, 5) is 30.2. The third-order valence-corrected chi connectivity index (χ3v) is 5.58. The molecule has 0 saturated carbocycles. The molecule has 3 heterocycles. The second-order valence-electron chi connectivity index (χ2n) is 6.93. The van der Waals surface area contributed by atoms with Gasteiger partial charge in [0.1, 0.15) is 17.1 Å². The van der Waals surface area contributed by atoms with Gasteiger partial charge >= 0.3 is 5.97 Å². The first-order valence-electron chi connectivity index (χ1n) is 10.1. The van der Waals surface area contributed by atoms with E-state index in [9.17, 15) is 4.79 Å². The number of esters is 1. The van der Waals surface area contributed by atoms with Crippen LogP contribution in [0.4, 0.5) is 5.82 Å². The Kier molecular flexibility index (Phi) is 6.37. The topological polar surface area (TPSA) is 92.8 Å². The molecular weight excluding hydrogens is 410 g/mol. The SMILES string of the molecule is CCOC(=O)c1cnc(-c2cccc(C)c2)nc1NCCc1[nH]cnc1-c1cccs1. The quantitative estimate of drug-likeness (QED) is 0.390. The highest BCUT2D eigenvalue weighted by atomic mass is 32.1. The van der Waals surface area contributed by atoms with Crippen LogP contribution < -0.4 is 5.32 Å². The van der Waals surface area contributed by atoms with Gasteiger partial charge in [-0.3, -0.25) is 0 Å². The molecule has 0 bridgehead atoms. The fraction of sp³-hybridized carbons (Fsp3) is 0.217. The molecule has 2 N–H and O–H groups in total. The van der Waals surface area contributed by atoms with Crippen LogP contribution in [0.5, 0.6) is 0 Å². The molecule has 8 heteroatoms. The van der Waals surface area contributed by atoms with Gasteiger partial charge in [-0.15, -0.1) is 11.3 Å². The molecule has 0 amide bonds. The number of thiophene rings is 1. The largest absolute Gasteiger partial charge is 0.462 e. The molecule has 0 spiro atoms. The zero-order valence-corrected chi connectivity index (χ0v) is 18.2. The summed E-state index contributed by atoms with van der Waals surface area (Å²) in [5.74, 6) is 0.573. The Morgan fingerprint density at radius 1 is 1.23 bits per heavy atom. The van der Waals surface area contributed by atoms with Crippen LogP contribution in [0, 0.1) is 6.92 Å². The Labute approximate surface area is 184 Å². The van der Waals surface area contributed by atoms with Gasteiger partial charge in [-0.2, -0.15) is 0 Å². The first-order valence-corrected chi connectivity index (χ1v) is 10.9. The van der Waals surface area contributed by atoms with E-state index in [4.69, 9.17) is 4.74 Å². The lowest BCUT2D eigenvalue weighted by atomic mass is 10.1. The first-order chi connectivity index (χ1) is 15.2. The Balaban J connectivity index is 1.56. The maximum Gasteiger partial charge on any atom is 0.343 e. The van der Waals surface area contributed by atoms with Gasteiger partial charge in [0.2, 0.25) is 0 Å². The van der Waals surface area contributed by atoms with Crippen LogP contribution in [-0.4, -0.2) is 39.1 Å². The van der Waals surface area contributed by atoms with Crippen LogP contribution >= 0.6 is 11.3 Å². The van der Waals surface area contributed by atoms with E-state index in [1.807, 2.05) is 42.6 Å². The van der Waals surface area contributed by atoms with E-state index < -0.39 is 5.97 Å². The summed E-state index contributed by atoms with van der Waals surface area (Å²) in [6.45, 7) is 4.65. The number of anilines is 1. The zero-order chi connectivity index (χ0) is 21.6. The van der Waals surface area contributed by atoms with Gasteiger partial charge in [-0.25, -0.2) is 19.7 Å². The number of nitrogens with one attached hydrogen (secondary N) is 2. The number of rotatable bonds is 8. The lowest BCUT2D eigenvalue weighted by Crippen LogP contribution is -2.15. The number of aryl methyl sites for hydroxylation is 1. The maximum absolute atomic E-state index is 12.4. The highest BCUT2D eigenvalue weighted by molar-refractivity contribution is 7.13. The number of benzene rings is 1. The van der Waals surface area contributed by atoms with Gasteiger partial charge < -0.3 is 15.0 Å². The van der Waals surface area contributed by atoms with E-state index in [1.165, 1.54) is 6.20 Å². The van der Waals surface area contributed by atoms with Crippen molar-refractivity contribution < 1.29 is 9.53 Å². The molecule has 31 heavy (non-hydrogen) atoms. The molecule has 0 fully saturated rings. The van der Waals surface area contributed by atoms with Crippen LogP contribution in [-0.2, 0) is 11.2 Å². The summed E-state index contributed by atoms with van der Waals surface area (Å²) in [7, 11) is 0. The van der Waals surface area contributed by atoms with E-state index in [0.29, 0.717) is 30.2 Å². The highest BCUT2D eigenvalue weighted by Crippen LogP contribution is 2.26. The number of nitrogens with zero attached hydrogens (tertiary/aromatic N) is 3. The van der Waals surface area contributed by atoms with E-state index >= 15 is 0 Å². The van der Waals surface area contributed by atoms with Gasteiger partial charge in [0.05, 0.1) is 17.8 Å². The molecular formula is C23H23N5O2S. The summed E-state index contributed by atoms with van der Waals surface area (Å²) in [6, 6.07) is 12.0. The van der Waals surface area contributed by atoms with Crippen LogP contribution in [0.15, 0.2) is 54.3 Å². The van der Waals surface area contributed by atoms with E-state index in [1.54, 1.807) is 24.6 Å². The molecule has 0 aliphatic rings. The molecule has 4 aromatic rings. The van der Waals surface area contributed by atoms with Gasteiger partial charge in [0, 0.05) is 30.4 Å². The molecule has 3 aromatic heterocycles. The van der Waals surface area contributed by atoms with Crippen LogP contribution in [0.25, 0.3) is 22.0 Å².